The highest BCUT2D eigenvalue weighted by Crippen LogP contribution is 2.34. The predicted octanol–water partition coefficient (Wildman–Crippen LogP) is 3.44. The smallest absolute Gasteiger partial charge is 0.237 e. The highest BCUT2D eigenvalue weighted by atomic mass is 32.1. The molecular formula is C21H21N3O2S. The number of carbonyl (C=O) groups excluding carboxylic acids is 1. The van der Waals surface area contributed by atoms with Gasteiger partial charge in [0.15, 0.2) is 0 Å². The van der Waals surface area contributed by atoms with Crippen molar-refractivity contribution in [2.24, 2.45) is 4.99 Å². The molecule has 6 heteroatoms. The van der Waals surface area contributed by atoms with Gasteiger partial charge < -0.3 is 15.0 Å². The van der Waals surface area contributed by atoms with E-state index in [0.29, 0.717) is 13.2 Å². The second kappa shape index (κ2) is 7.58. The van der Waals surface area contributed by atoms with Crippen LogP contribution in [-0.2, 0) is 9.53 Å². The molecule has 0 radical (unpaired) electrons. The van der Waals surface area contributed by atoms with Crippen LogP contribution >= 0.6 is 12.2 Å². The van der Waals surface area contributed by atoms with Crippen molar-refractivity contribution in [2.45, 2.75) is 12.8 Å². The summed E-state index contributed by atoms with van der Waals surface area (Å²) < 4.78 is 5.37. The van der Waals surface area contributed by atoms with Gasteiger partial charge in [0, 0.05) is 30.6 Å². The Balaban J connectivity index is 1.49. The fourth-order valence-corrected chi connectivity index (χ4v) is 3.80. The Morgan fingerprint density at radius 3 is 2.70 bits per heavy atom. The van der Waals surface area contributed by atoms with Crippen LogP contribution in [0.1, 0.15) is 22.6 Å². The first-order valence-corrected chi connectivity index (χ1v) is 9.46. The summed E-state index contributed by atoms with van der Waals surface area (Å²) in [7, 11) is 0. The van der Waals surface area contributed by atoms with Gasteiger partial charge in [-0.15, -0.1) is 0 Å². The molecule has 5 nitrogen and oxygen atoms in total. The topological polar surface area (TPSA) is 53.9 Å². The number of aryl methyl sites for hydroxylation is 1. The molecule has 138 valence electrons. The Morgan fingerprint density at radius 2 is 1.96 bits per heavy atom. The molecule has 0 aliphatic carbocycles. The van der Waals surface area contributed by atoms with Gasteiger partial charge in [0.1, 0.15) is 10.9 Å². The van der Waals surface area contributed by atoms with Gasteiger partial charge >= 0.3 is 0 Å². The quantitative estimate of drug-likeness (QED) is 0.656. The van der Waals surface area contributed by atoms with Gasteiger partial charge in [-0.1, -0.05) is 24.4 Å². The van der Waals surface area contributed by atoms with Gasteiger partial charge in [0.25, 0.3) is 0 Å². The second-order valence-electron chi connectivity index (χ2n) is 6.73. The number of rotatable bonds is 3. The molecule has 1 atom stereocenters. The average Bonchev–Trinajstić information content (AvgIpc) is 3.03. The van der Waals surface area contributed by atoms with Crippen molar-refractivity contribution in [2.75, 3.05) is 31.6 Å². The first-order valence-electron chi connectivity index (χ1n) is 9.05. The van der Waals surface area contributed by atoms with Crippen LogP contribution in [0.5, 0.6) is 0 Å². The fraction of sp³-hybridized carbons (Fsp3) is 0.286. The Bertz CT molecular complexity index is 902. The summed E-state index contributed by atoms with van der Waals surface area (Å²) in [4.78, 5) is 19.8. The number of hydrogen-bond acceptors (Lipinski definition) is 4. The highest BCUT2D eigenvalue weighted by Gasteiger charge is 2.30. The molecule has 1 unspecified atom stereocenters. The third-order valence-corrected chi connectivity index (χ3v) is 5.45. The summed E-state index contributed by atoms with van der Waals surface area (Å²) in [5.41, 5.74) is 4.79. The summed E-state index contributed by atoms with van der Waals surface area (Å²) in [5, 5.41) is 2.92. The molecule has 1 fully saturated rings. The molecule has 2 aromatic carbocycles. The van der Waals surface area contributed by atoms with E-state index in [9.17, 15) is 4.79 Å². The van der Waals surface area contributed by atoms with E-state index >= 15 is 0 Å². The molecular weight excluding hydrogens is 358 g/mol. The second-order valence-corrected chi connectivity index (χ2v) is 7.12. The maximum Gasteiger partial charge on any atom is 0.237 e. The van der Waals surface area contributed by atoms with Gasteiger partial charge in [0.2, 0.25) is 5.91 Å². The van der Waals surface area contributed by atoms with Crippen LogP contribution in [0.3, 0.4) is 0 Å². The number of anilines is 1. The number of hydrogen-bond donors (Lipinski definition) is 1. The number of fused-ring (bicyclic) bond motifs is 1. The minimum atomic E-state index is -0.352. The van der Waals surface area contributed by atoms with Crippen molar-refractivity contribution in [3.05, 3.63) is 59.2 Å². The highest BCUT2D eigenvalue weighted by molar-refractivity contribution is 7.80. The maximum atomic E-state index is 12.3. The summed E-state index contributed by atoms with van der Waals surface area (Å²) in [6.45, 7) is 5.10. The zero-order chi connectivity index (χ0) is 18.8. The van der Waals surface area contributed by atoms with Crippen LogP contribution in [-0.4, -0.2) is 48.3 Å². The lowest BCUT2D eigenvalue weighted by atomic mass is 9.97. The van der Waals surface area contributed by atoms with E-state index in [-0.39, 0.29) is 11.8 Å². The standard InChI is InChI=1S/C21H21N3O2S/c1-14-3-2-4-18-19(14)17(20(25)23-18)13-22-16-7-5-15(6-8-16)21(27)24-9-11-26-12-10-24/h2-8,13,17H,9-12H2,1H3,(H,23,25). The minimum Gasteiger partial charge on any atom is -0.378 e. The lowest BCUT2D eigenvalue weighted by molar-refractivity contribution is -0.115. The summed E-state index contributed by atoms with van der Waals surface area (Å²) in [6.07, 6.45) is 1.73. The van der Waals surface area contributed by atoms with E-state index in [4.69, 9.17) is 17.0 Å². The van der Waals surface area contributed by atoms with E-state index in [0.717, 1.165) is 46.1 Å². The first kappa shape index (κ1) is 17.8. The average molecular weight is 379 g/mol. The summed E-state index contributed by atoms with van der Waals surface area (Å²) in [5.74, 6) is -0.386. The van der Waals surface area contributed by atoms with Crippen LogP contribution in [0.15, 0.2) is 47.5 Å². The van der Waals surface area contributed by atoms with Gasteiger partial charge in [-0.2, -0.15) is 0 Å². The molecule has 0 aromatic heterocycles. The molecule has 0 bridgehead atoms. The fourth-order valence-electron chi connectivity index (χ4n) is 3.49. The number of nitrogens with zero attached hydrogens (tertiary/aromatic N) is 2. The number of aliphatic imine (C=N–C) groups is 1. The van der Waals surface area contributed by atoms with Crippen molar-refractivity contribution in [3.8, 4) is 0 Å². The number of thiocarbonyl (C=S) groups is 1. The van der Waals surface area contributed by atoms with Crippen molar-refractivity contribution in [1.29, 1.82) is 0 Å². The van der Waals surface area contributed by atoms with Crippen LogP contribution in [0.2, 0.25) is 0 Å². The molecule has 1 amide bonds. The molecule has 1 N–H and O–H groups in total. The Kier molecular flexibility index (Phi) is 5.01. The van der Waals surface area contributed by atoms with Gasteiger partial charge in [-0.05, 0) is 48.4 Å². The molecule has 1 saturated heterocycles. The third kappa shape index (κ3) is 3.63. The number of benzene rings is 2. The number of ether oxygens (including phenoxy) is 1. The van der Waals surface area contributed by atoms with Crippen LogP contribution in [0, 0.1) is 6.92 Å². The van der Waals surface area contributed by atoms with E-state index in [1.807, 2.05) is 49.4 Å². The summed E-state index contributed by atoms with van der Waals surface area (Å²) >= 11 is 5.59. The number of amides is 1. The summed E-state index contributed by atoms with van der Waals surface area (Å²) in [6, 6.07) is 13.7. The lowest BCUT2D eigenvalue weighted by Gasteiger charge is -2.29. The SMILES string of the molecule is Cc1cccc2c1C(C=Nc1ccc(C(=S)N3CCOCC3)cc1)C(=O)N2. The van der Waals surface area contributed by atoms with Crippen molar-refractivity contribution < 1.29 is 9.53 Å². The van der Waals surface area contributed by atoms with Crippen LogP contribution < -0.4 is 5.32 Å². The van der Waals surface area contributed by atoms with Crippen molar-refractivity contribution in [1.82, 2.24) is 4.90 Å². The zero-order valence-corrected chi connectivity index (χ0v) is 16.0. The molecule has 2 aliphatic rings. The van der Waals surface area contributed by atoms with Crippen molar-refractivity contribution >= 4 is 40.7 Å². The van der Waals surface area contributed by atoms with Crippen LogP contribution in [0.4, 0.5) is 11.4 Å². The molecule has 0 spiro atoms. The molecule has 2 aliphatic heterocycles. The van der Waals surface area contributed by atoms with E-state index < -0.39 is 0 Å². The molecule has 0 saturated carbocycles. The normalized spacial score (nSPS) is 19.2. The van der Waals surface area contributed by atoms with E-state index in [1.54, 1.807) is 6.21 Å². The molecule has 27 heavy (non-hydrogen) atoms. The number of morpholine rings is 1. The van der Waals surface area contributed by atoms with Gasteiger partial charge in [0.05, 0.1) is 18.9 Å². The Morgan fingerprint density at radius 1 is 1.22 bits per heavy atom. The maximum absolute atomic E-state index is 12.3. The van der Waals surface area contributed by atoms with Gasteiger partial charge in [-0.3, -0.25) is 9.79 Å². The largest absolute Gasteiger partial charge is 0.378 e. The Labute approximate surface area is 164 Å². The number of nitrogens with one attached hydrogen (secondary N) is 1. The first-order chi connectivity index (χ1) is 13.1. The van der Waals surface area contributed by atoms with Gasteiger partial charge in [-0.25, -0.2) is 0 Å². The molecule has 2 aromatic rings. The number of carbonyl (C=O) groups is 1. The lowest BCUT2D eigenvalue weighted by Crippen LogP contribution is -2.40. The molecule has 2 heterocycles. The third-order valence-electron chi connectivity index (χ3n) is 4.96. The van der Waals surface area contributed by atoms with Crippen molar-refractivity contribution in [3.63, 3.8) is 0 Å². The van der Waals surface area contributed by atoms with E-state index in [1.165, 1.54) is 0 Å². The van der Waals surface area contributed by atoms with E-state index in [2.05, 4.69) is 15.2 Å². The molecule has 4 rings (SSSR count). The predicted molar refractivity (Wildman–Crippen MR) is 111 cm³/mol. The monoisotopic (exact) mass is 379 g/mol. The Hall–Kier alpha value is -2.57. The minimum absolute atomic E-state index is 0.0341. The van der Waals surface area contributed by atoms with Crippen LogP contribution in [0.25, 0.3) is 0 Å². The zero-order valence-electron chi connectivity index (χ0n) is 15.1.